The summed E-state index contributed by atoms with van der Waals surface area (Å²) in [5, 5.41) is 18.8. The van der Waals surface area contributed by atoms with Crippen molar-refractivity contribution in [2.24, 2.45) is 0 Å². The third-order valence-electron chi connectivity index (χ3n) is 3.52. The van der Waals surface area contributed by atoms with Crippen molar-refractivity contribution in [3.63, 3.8) is 0 Å². The van der Waals surface area contributed by atoms with Crippen LogP contribution in [0.2, 0.25) is 0 Å². The Kier molecular flexibility index (Phi) is 4.69. The summed E-state index contributed by atoms with van der Waals surface area (Å²) in [6, 6.07) is 11.4. The third-order valence-corrected chi connectivity index (χ3v) is 3.52. The molecule has 0 atom stereocenters. The summed E-state index contributed by atoms with van der Waals surface area (Å²) in [6.45, 7) is 4.72. The zero-order chi connectivity index (χ0) is 16.9. The van der Waals surface area contributed by atoms with Gasteiger partial charge in [-0.3, -0.25) is 4.79 Å². The minimum atomic E-state index is 0.0197. The summed E-state index contributed by atoms with van der Waals surface area (Å²) in [6.07, 6.45) is 1.34. The van der Waals surface area contributed by atoms with Crippen molar-refractivity contribution in [2.75, 3.05) is 17.2 Å². The lowest BCUT2D eigenvalue weighted by Gasteiger charge is -2.07. The van der Waals surface area contributed by atoms with Gasteiger partial charge in [0.05, 0.1) is 5.69 Å². The molecule has 2 aromatic heterocycles. The Morgan fingerprint density at radius 1 is 1.17 bits per heavy atom. The fourth-order valence-electron chi connectivity index (χ4n) is 2.42. The molecule has 0 aliphatic heterocycles. The number of nitrogens with zero attached hydrogens (tertiary/aromatic N) is 4. The Hall–Kier alpha value is -2.96. The molecule has 0 aliphatic rings. The van der Waals surface area contributed by atoms with Crippen LogP contribution in [0.5, 0.6) is 0 Å². The molecule has 0 aliphatic carbocycles. The van der Waals surface area contributed by atoms with E-state index in [4.69, 9.17) is 0 Å². The zero-order valence-corrected chi connectivity index (χ0v) is 13.8. The van der Waals surface area contributed by atoms with Gasteiger partial charge in [-0.25, -0.2) is 0 Å². The van der Waals surface area contributed by atoms with E-state index in [2.05, 4.69) is 25.9 Å². The number of benzene rings is 1. The maximum absolute atomic E-state index is 11.8. The number of anilines is 2. The largest absolute Gasteiger partial charge is 0.353 e. The van der Waals surface area contributed by atoms with Crippen molar-refractivity contribution in [2.45, 2.75) is 26.7 Å². The van der Waals surface area contributed by atoms with Crippen LogP contribution in [0.15, 0.2) is 36.4 Å². The molecule has 3 aromatic rings. The maximum atomic E-state index is 11.8. The molecule has 0 saturated heterocycles. The van der Waals surface area contributed by atoms with E-state index >= 15 is 0 Å². The Morgan fingerprint density at radius 2 is 2.04 bits per heavy atom. The SMILES string of the molecule is CCCC(=O)Nc1cccc(-c2ccc3nnc(NCC)n3n2)c1. The van der Waals surface area contributed by atoms with Gasteiger partial charge in [0.25, 0.3) is 0 Å². The Labute approximate surface area is 140 Å². The van der Waals surface area contributed by atoms with Crippen LogP contribution < -0.4 is 10.6 Å². The molecule has 1 amide bonds. The quantitative estimate of drug-likeness (QED) is 0.728. The fourth-order valence-corrected chi connectivity index (χ4v) is 2.42. The van der Waals surface area contributed by atoms with E-state index in [1.807, 2.05) is 50.2 Å². The van der Waals surface area contributed by atoms with E-state index in [0.29, 0.717) is 18.0 Å². The van der Waals surface area contributed by atoms with Crippen LogP contribution in [0.3, 0.4) is 0 Å². The first-order valence-corrected chi connectivity index (χ1v) is 8.08. The van der Waals surface area contributed by atoms with E-state index in [1.165, 1.54) is 0 Å². The van der Waals surface area contributed by atoms with Crippen molar-refractivity contribution in [1.29, 1.82) is 0 Å². The number of rotatable bonds is 6. The predicted octanol–water partition coefficient (Wildman–Crippen LogP) is 2.96. The summed E-state index contributed by atoms with van der Waals surface area (Å²) in [4.78, 5) is 11.8. The second-order valence-corrected chi connectivity index (χ2v) is 5.42. The minimum Gasteiger partial charge on any atom is -0.353 e. The van der Waals surface area contributed by atoms with E-state index in [-0.39, 0.29) is 5.91 Å². The lowest BCUT2D eigenvalue weighted by molar-refractivity contribution is -0.116. The summed E-state index contributed by atoms with van der Waals surface area (Å²) < 4.78 is 1.68. The van der Waals surface area contributed by atoms with Gasteiger partial charge in [0.1, 0.15) is 0 Å². The number of aromatic nitrogens is 4. The van der Waals surface area contributed by atoms with Crippen LogP contribution in [0.4, 0.5) is 11.6 Å². The van der Waals surface area contributed by atoms with Gasteiger partial charge >= 0.3 is 0 Å². The van der Waals surface area contributed by atoms with E-state index < -0.39 is 0 Å². The van der Waals surface area contributed by atoms with Gasteiger partial charge in [-0.15, -0.1) is 10.2 Å². The van der Waals surface area contributed by atoms with Crippen molar-refractivity contribution in [3.8, 4) is 11.3 Å². The number of hydrogen-bond donors (Lipinski definition) is 2. The zero-order valence-electron chi connectivity index (χ0n) is 13.8. The number of amides is 1. The van der Waals surface area contributed by atoms with Gasteiger partial charge in [0.2, 0.25) is 11.9 Å². The van der Waals surface area contributed by atoms with Crippen molar-refractivity contribution in [3.05, 3.63) is 36.4 Å². The van der Waals surface area contributed by atoms with Gasteiger partial charge in [-0.05, 0) is 37.6 Å². The number of carbonyl (C=O) groups excluding carboxylic acids is 1. The Balaban J connectivity index is 1.92. The van der Waals surface area contributed by atoms with Crippen LogP contribution in [-0.2, 0) is 4.79 Å². The molecular weight excluding hydrogens is 304 g/mol. The second-order valence-electron chi connectivity index (χ2n) is 5.42. The molecule has 2 heterocycles. The average Bonchev–Trinajstić information content (AvgIpc) is 2.98. The number of nitrogens with one attached hydrogen (secondary N) is 2. The fraction of sp³-hybridized carbons (Fsp3) is 0.294. The highest BCUT2D eigenvalue weighted by Crippen LogP contribution is 2.22. The van der Waals surface area contributed by atoms with Gasteiger partial charge in [-0.2, -0.15) is 9.61 Å². The molecule has 0 spiro atoms. The molecule has 124 valence electrons. The highest BCUT2D eigenvalue weighted by molar-refractivity contribution is 5.91. The molecule has 0 bridgehead atoms. The summed E-state index contributed by atoms with van der Waals surface area (Å²) in [7, 11) is 0. The van der Waals surface area contributed by atoms with Crippen LogP contribution >= 0.6 is 0 Å². The van der Waals surface area contributed by atoms with Crippen molar-refractivity contribution >= 4 is 23.2 Å². The minimum absolute atomic E-state index is 0.0197. The number of hydrogen-bond acceptors (Lipinski definition) is 5. The second kappa shape index (κ2) is 7.08. The number of fused-ring (bicyclic) bond motifs is 1. The third kappa shape index (κ3) is 3.34. The molecule has 3 rings (SSSR count). The summed E-state index contributed by atoms with van der Waals surface area (Å²) in [5.74, 6) is 0.632. The van der Waals surface area contributed by atoms with Crippen LogP contribution in [0.1, 0.15) is 26.7 Å². The molecule has 0 fully saturated rings. The standard InChI is InChI=1S/C17H20N6O/c1-3-6-16(24)19-13-8-5-7-12(11-13)14-9-10-15-20-21-17(18-4-2)23(15)22-14/h5,7-11H,3-4,6H2,1-2H3,(H,18,21)(H,19,24). The maximum Gasteiger partial charge on any atom is 0.246 e. The van der Waals surface area contributed by atoms with Crippen LogP contribution in [-0.4, -0.2) is 32.3 Å². The molecular formula is C17H20N6O. The smallest absolute Gasteiger partial charge is 0.246 e. The normalized spacial score (nSPS) is 10.8. The van der Waals surface area contributed by atoms with Crippen molar-refractivity contribution in [1.82, 2.24) is 19.8 Å². The van der Waals surface area contributed by atoms with Crippen LogP contribution in [0.25, 0.3) is 16.9 Å². The van der Waals surface area contributed by atoms with Crippen LogP contribution in [0, 0.1) is 0 Å². The Bertz CT molecular complexity index is 857. The van der Waals surface area contributed by atoms with Gasteiger partial charge in [0.15, 0.2) is 5.65 Å². The Morgan fingerprint density at radius 3 is 2.83 bits per heavy atom. The molecule has 7 heteroatoms. The topological polar surface area (TPSA) is 84.2 Å². The summed E-state index contributed by atoms with van der Waals surface area (Å²) >= 11 is 0. The van der Waals surface area contributed by atoms with Gasteiger partial charge in [0, 0.05) is 24.2 Å². The van der Waals surface area contributed by atoms with Crippen molar-refractivity contribution < 1.29 is 4.79 Å². The average molecular weight is 324 g/mol. The molecule has 1 aromatic carbocycles. The molecule has 24 heavy (non-hydrogen) atoms. The molecule has 0 unspecified atom stereocenters. The monoisotopic (exact) mass is 324 g/mol. The highest BCUT2D eigenvalue weighted by atomic mass is 16.1. The first-order valence-electron chi connectivity index (χ1n) is 8.08. The summed E-state index contributed by atoms with van der Waals surface area (Å²) in [5.41, 5.74) is 3.15. The predicted molar refractivity (Wildman–Crippen MR) is 93.9 cm³/mol. The highest BCUT2D eigenvalue weighted by Gasteiger charge is 2.09. The molecule has 2 N–H and O–H groups in total. The van der Waals surface area contributed by atoms with Gasteiger partial charge in [-0.1, -0.05) is 19.1 Å². The number of carbonyl (C=O) groups is 1. The van der Waals surface area contributed by atoms with Gasteiger partial charge < -0.3 is 10.6 Å². The molecule has 0 radical (unpaired) electrons. The first kappa shape index (κ1) is 15.9. The van der Waals surface area contributed by atoms with E-state index in [1.54, 1.807) is 4.52 Å². The first-order chi connectivity index (χ1) is 11.7. The van der Waals surface area contributed by atoms with E-state index in [0.717, 1.165) is 29.9 Å². The lowest BCUT2D eigenvalue weighted by Crippen LogP contribution is -2.10. The molecule has 7 nitrogen and oxygen atoms in total. The lowest BCUT2D eigenvalue weighted by atomic mass is 10.1. The van der Waals surface area contributed by atoms with E-state index in [9.17, 15) is 4.79 Å². The molecule has 0 saturated carbocycles.